The van der Waals surface area contributed by atoms with Crippen molar-refractivity contribution in [3.8, 4) is 11.5 Å². The lowest BCUT2D eigenvalue weighted by Crippen LogP contribution is -2.07. The van der Waals surface area contributed by atoms with Crippen molar-refractivity contribution in [2.75, 3.05) is 20.3 Å². The first-order valence-corrected chi connectivity index (χ1v) is 4.93. The van der Waals surface area contributed by atoms with Crippen molar-refractivity contribution in [1.29, 1.82) is 0 Å². The molecule has 0 atom stereocenters. The Balaban J connectivity index is 2.92. The van der Waals surface area contributed by atoms with E-state index in [0.29, 0.717) is 19.6 Å². The number of benzene rings is 1. The zero-order valence-electron chi connectivity index (χ0n) is 9.16. The van der Waals surface area contributed by atoms with Crippen LogP contribution in [0.15, 0.2) is 18.2 Å². The molecular weight excluding hydrogens is 194 g/mol. The Morgan fingerprint density at radius 2 is 2.00 bits per heavy atom. The van der Waals surface area contributed by atoms with Crippen LogP contribution < -0.4 is 15.4 Å². The van der Waals surface area contributed by atoms with Crippen LogP contribution in [-0.2, 0) is 11.3 Å². The largest absolute Gasteiger partial charge is 0.496 e. The molecule has 0 spiro atoms. The Morgan fingerprint density at radius 1 is 1.27 bits per heavy atom. The van der Waals surface area contributed by atoms with Gasteiger partial charge in [-0.25, -0.2) is 5.90 Å². The lowest BCUT2D eigenvalue weighted by Gasteiger charge is -2.13. The highest BCUT2D eigenvalue weighted by atomic mass is 16.6. The minimum absolute atomic E-state index is 0.445. The minimum atomic E-state index is 0.445. The number of hydrogen-bond donors (Lipinski definition) is 1. The van der Waals surface area contributed by atoms with Crippen molar-refractivity contribution in [2.45, 2.75) is 13.3 Å². The van der Waals surface area contributed by atoms with Crippen molar-refractivity contribution in [3.05, 3.63) is 23.8 Å². The molecule has 0 saturated carbocycles. The molecular formula is C11H17NO3. The molecule has 2 N–H and O–H groups in total. The van der Waals surface area contributed by atoms with Crippen molar-refractivity contribution < 1.29 is 14.3 Å². The average molecular weight is 211 g/mol. The van der Waals surface area contributed by atoms with Gasteiger partial charge in [0.05, 0.1) is 20.3 Å². The molecule has 0 radical (unpaired) electrons. The van der Waals surface area contributed by atoms with Gasteiger partial charge in [0.25, 0.3) is 0 Å². The molecule has 0 aromatic heterocycles. The zero-order valence-corrected chi connectivity index (χ0v) is 9.16. The number of ether oxygens (including phenoxy) is 2. The maximum atomic E-state index is 5.50. The van der Waals surface area contributed by atoms with Crippen LogP contribution in [0.1, 0.15) is 12.5 Å². The lowest BCUT2D eigenvalue weighted by atomic mass is 10.1. The topological polar surface area (TPSA) is 53.7 Å². The summed E-state index contributed by atoms with van der Waals surface area (Å²) in [6, 6.07) is 5.71. The third kappa shape index (κ3) is 3.11. The quantitative estimate of drug-likeness (QED) is 0.725. The van der Waals surface area contributed by atoms with Crippen LogP contribution in [0.25, 0.3) is 0 Å². The number of methoxy groups -OCH3 is 1. The highest BCUT2D eigenvalue weighted by Gasteiger charge is 2.09. The van der Waals surface area contributed by atoms with Gasteiger partial charge in [0.15, 0.2) is 0 Å². The Labute approximate surface area is 89.9 Å². The van der Waals surface area contributed by atoms with E-state index < -0.39 is 0 Å². The van der Waals surface area contributed by atoms with Gasteiger partial charge in [-0.3, -0.25) is 0 Å². The Hall–Kier alpha value is -1.26. The highest BCUT2D eigenvalue weighted by molar-refractivity contribution is 5.44. The lowest BCUT2D eigenvalue weighted by molar-refractivity contribution is 0.140. The fraction of sp³-hybridized carbons (Fsp3) is 0.455. The van der Waals surface area contributed by atoms with Gasteiger partial charge in [0.1, 0.15) is 11.5 Å². The summed E-state index contributed by atoms with van der Waals surface area (Å²) in [7, 11) is 1.64. The molecule has 0 fully saturated rings. The fourth-order valence-corrected chi connectivity index (χ4v) is 1.43. The summed E-state index contributed by atoms with van der Waals surface area (Å²) < 4.78 is 10.8. The fourth-order valence-electron chi connectivity index (χ4n) is 1.43. The van der Waals surface area contributed by atoms with Crippen molar-refractivity contribution in [2.24, 2.45) is 5.90 Å². The molecule has 0 aliphatic rings. The van der Waals surface area contributed by atoms with Crippen LogP contribution in [0, 0.1) is 0 Å². The maximum Gasteiger partial charge on any atom is 0.126 e. The van der Waals surface area contributed by atoms with E-state index >= 15 is 0 Å². The van der Waals surface area contributed by atoms with Crippen LogP contribution in [0.2, 0.25) is 0 Å². The summed E-state index contributed by atoms with van der Waals surface area (Å²) in [5, 5.41) is 0. The van der Waals surface area contributed by atoms with Crippen LogP contribution in [0.4, 0.5) is 0 Å². The second-order valence-corrected chi connectivity index (χ2v) is 2.99. The molecule has 0 saturated heterocycles. The van der Waals surface area contributed by atoms with Crippen molar-refractivity contribution in [3.63, 3.8) is 0 Å². The molecule has 15 heavy (non-hydrogen) atoms. The standard InChI is InChI=1S/C11H17NO3/c1-3-14-11-6-4-5-10(13-2)9(11)7-8-15-12/h4-6H,3,7-8,12H2,1-2H3. The summed E-state index contributed by atoms with van der Waals surface area (Å²) in [5.41, 5.74) is 0.993. The van der Waals surface area contributed by atoms with Gasteiger partial charge in [0, 0.05) is 12.0 Å². The second-order valence-electron chi connectivity index (χ2n) is 2.99. The van der Waals surface area contributed by atoms with Gasteiger partial charge in [-0.05, 0) is 19.1 Å². The average Bonchev–Trinajstić information content (AvgIpc) is 2.27. The van der Waals surface area contributed by atoms with Crippen LogP contribution in [-0.4, -0.2) is 20.3 Å². The van der Waals surface area contributed by atoms with E-state index in [1.165, 1.54) is 0 Å². The van der Waals surface area contributed by atoms with Gasteiger partial charge < -0.3 is 14.3 Å². The van der Waals surface area contributed by atoms with Gasteiger partial charge in [-0.2, -0.15) is 0 Å². The van der Waals surface area contributed by atoms with E-state index in [1.54, 1.807) is 7.11 Å². The highest BCUT2D eigenvalue weighted by Crippen LogP contribution is 2.28. The molecule has 0 unspecified atom stereocenters. The van der Waals surface area contributed by atoms with Gasteiger partial charge in [-0.1, -0.05) is 6.07 Å². The molecule has 0 amide bonds. The first-order chi connectivity index (χ1) is 7.33. The first kappa shape index (κ1) is 11.8. The predicted octanol–water partition coefficient (Wildman–Crippen LogP) is 1.53. The van der Waals surface area contributed by atoms with Crippen molar-refractivity contribution in [1.82, 2.24) is 0 Å². The van der Waals surface area contributed by atoms with Gasteiger partial charge in [0.2, 0.25) is 0 Å². The Bertz CT molecular complexity index is 302. The molecule has 0 aliphatic heterocycles. The number of hydrogen-bond acceptors (Lipinski definition) is 4. The molecule has 0 heterocycles. The molecule has 84 valence electrons. The third-order valence-corrected chi connectivity index (χ3v) is 2.08. The first-order valence-electron chi connectivity index (χ1n) is 4.93. The van der Waals surface area contributed by atoms with E-state index in [-0.39, 0.29) is 0 Å². The molecule has 1 rings (SSSR count). The van der Waals surface area contributed by atoms with E-state index in [9.17, 15) is 0 Å². The van der Waals surface area contributed by atoms with Gasteiger partial charge >= 0.3 is 0 Å². The van der Waals surface area contributed by atoms with E-state index in [2.05, 4.69) is 4.84 Å². The molecule has 4 nitrogen and oxygen atoms in total. The summed E-state index contributed by atoms with van der Waals surface area (Å²) in [4.78, 5) is 4.57. The second kappa shape index (κ2) is 6.27. The van der Waals surface area contributed by atoms with E-state index in [0.717, 1.165) is 17.1 Å². The summed E-state index contributed by atoms with van der Waals surface area (Å²) in [6.45, 7) is 3.02. The predicted molar refractivity (Wildman–Crippen MR) is 58.0 cm³/mol. The van der Waals surface area contributed by atoms with Crippen molar-refractivity contribution >= 4 is 0 Å². The molecule has 1 aromatic carbocycles. The van der Waals surface area contributed by atoms with Crippen LogP contribution >= 0.6 is 0 Å². The SMILES string of the molecule is CCOc1cccc(OC)c1CCON. The molecule has 1 aromatic rings. The van der Waals surface area contributed by atoms with E-state index in [4.69, 9.17) is 15.4 Å². The molecule has 0 bridgehead atoms. The van der Waals surface area contributed by atoms with E-state index in [1.807, 2.05) is 25.1 Å². The number of nitrogens with two attached hydrogens (primary N) is 1. The van der Waals surface area contributed by atoms with Crippen LogP contribution in [0.5, 0.6) is 11.5 Å². The Kier molecular flexibility index (Phi) is 4.93. The zero-order chi connectivity index (χ0) is 11.1. The third-order valence-electron chi connectivity index (χ3n) is 2.08. The maximum absolute atomic E-state index is 5.50. The van der Waals surface area contributed by atoms with Crippen LogP contribution in [0.3, 0.4) is 0 Å². The Morgan fingerprint density at radius 3 is 2.60 bits per heavy atom. The normalized spacial score (nSPS) is 10.1. The minimum Gasteiger partial charge on any atom is -0.496 e. The van der Waals surface area contributed by atoms with Gasteiger partial charge in [-0.15, -0.1) is 0 Å². The summed E-state index contributed by atoms with van der Waals surface area (Å²) in [5.74, 6) is 6.64. The molecule has 0 aliphatic carbocycles. The summed E-state index contributed by atoms with van der Waals surface area (Å²) >= 11 is 0. The molecule has 4 heteroatoms. The number of rotatable bonds is 6. The monoisotopic (exact) mass is 211 g/mol. The summed E-state index contributed by atoms with van der Waals surface area (Å²) in [6.07, 6.45) is 0.676. The smallest absolute Gasteiger partial charge is 0.126 e.